The molecule has 0 bridgehead atoms. The summed E-state index contributed by atoms with van der Waals surface area (Å²) in [5.41, 5.74) is 0. The number of hydrogen-bond donors (Lipinski definition) is 1. The molecule has 0 radical (unpaired) electrons. The number of ether oxygens (including phenoxy) is 1. The highest BCUT2D eigenvalue weighted by Gasteiger charge is 2.04. The first-order valence-electron chi connectivity index (χ1n) is 6.91. The predicted molar refractivity (Wildman–Crippen MR) is 73.5 cm³/mol. The van der Waals surface area contributed by atoms with Crippen LogP contribution in [0.3, 0.4) is 0 Å². The smallest absolute Gasteiger partial charge is 0.165 e. The highest BCUT2D eigenvalue weighted by molar-refractivity contribution is 5.24. The van der Waals surface area contributed by atoms with Gasteiger partial charge in [-0.25, -0.2) is 8.78 Å². The van der Waals surface area contributed by atoms with E-state index in [0.717, 1.165) is 50.4 Å². The number of unbranched alkanes of at least 4 members (excludes halogenated alkanes) is 3. The summed E-state index contributed by atoms with van der Waals surface area (Å²) in [5.74, 6) is -0.986. The number of halogens is 2. The molecule has 0 aromatic heterocycles. The van der Waals surface area contributed by atoms with Crippen LogP contribution in [0.4, 0.5) is 8.78 Å². The Morgan fingerprint density at radius 3 is 2.58 bits per heavy atom. The van der Waals surface area contributed by atoms with Crippen molar-refractivity contribution >= 4 is 0 Å². The number of hydrogen-bond acceptors (Lipinski definition) is 2. The van der Waals surface area contributed by atoms with Gasteiger partial charge in [-0.3, -0.25) is 0 Å². The Kier molecular flexibility index (Phi) is 7.41. The van der Waals surface area contributed by atoms with Gasteiger partial charge >= 0.3 is 0 Å². The maximum Gasteiger partial charge on any atom is 0.165 e. The second kappa shape index (κ2) is 8.86. The summed E-state index contributed by atoms with van der Waals surface area (Å²) in [6.45, 7) is 5.71. The van der Waals surface area contributed by atoms with Gasteiger partial charge in [0.15, 0.2) is 11.6 Å². The average Bonchev–Trinajstić information content (AvgIpc) is 2.36. The lowest BCUT2D eigenvalue weighted by atomic mass is 10.2. The van der Waals surface area contributed by atoms with Crippen molar-refractivity contribution < 1.29 is 13.5 Å². The molecule has 0 unspecified atom stereocenters. The van der Waals surface area contributed by atoms with E-state index < -0.39 is 11.6 Å². The van der Waals surface area contributed by atoms with E-state index in [2.05, 4.69) is 19.2 Å². The van der Waals surface area contributed by atoms with E-state index in [1.54, 1.807) is 0 Å². The molecular weight excluding hydrogens is 248 g/mol. The van der Waals surface area contributed by atoms with Crippen molar-refractivity contribution in [3.8, 4) is 5.75 Å². The van der Waals surface area contributed by atoms with Gasteiger partial charge in [-0.05, 0) is 31.5 Å². The van der Waals surface area contributed by atoms with Gasteiger partial charge in [-0.2, -0.15) is 0 Å². The zero-order chi connectivity index (χ0) is 14.1. The van der Waals surface area contributed by atoms with E-state index in [1.165, 1.54) is 0 Å². The lowest BCUT2D eigenvalue weighted by Gasteiger charge is -2.08. The number of rotatable bonds is 9. The maximum atomic E-state index is 13.2. The SMILES string of the molecule is CC(C)NCCCCCCOc1cc(F)ccc1F. The molecule has 2 nitrogen and oxygen atoms in total. The molecule has 1 aromatic carbocycles. The standard InChI is InChI=1S/C15H23F2NO/c1-12(2)18-9-5-3-4-6-10-19-15-11-13(16)7-8-14(15)17/h7-8,11-12,18H,3-6,9-10H2,1-2H3. The van der Waals surface area contributed by atoms with Crippen LogP contribution < -0.4 is 10.1 Å². The molecule has 0 fully saturated rings. The summed E-state index contributed by atoms with van der Waals surface area (Å²) in [4.78, 5) is 0. The summed E-state index contributed by atoms with van der Waals surface area (Å²) < 4.78 is 31.3. The van der Waals surface area contributed by atoms with E-state index in [4.69, 9.17) is 4.74 Å². The molecule has 0 aliphatic heterocycles. The lowest BCUT2D eigenvalue weighted by Crippen LogP contribution is -2.23. The van der Waals surface area contributed by atoms with Crippen molar-refractivity contribution in [1.82, 2.24) is 5.32 Å². The van der Waals surface area contributed by atoms with Crippen LogP contribution in [0.5, 0.6) is 5.75 Å². The summed E-state index contributed by atoms with van der Waals surface area (Å²) >= 11 is 0. The van der Waals surface area contributed by atoms with Gasteiger partial charge < -0.3 is 10.1 Å². The van der Waals surface area contributed by atoms with Gasteiger partial charge in [-0.15, -0.1) is 0 Å². The number of benzene rings is 1. The molecule has 0 saturated carbocycles. The molecule has 0 spiro atoms. The Morgan fingerprint density at radius 2 is 1.84 bits per heavy atom. The first-order valence-corrected chi connectivity index (χ1v) is 6.91. The van der Waals surface area contributed by atoms with Crippen molar-refractivity contribution in [3.63, 3.8) is 0 Å². The van der Waals surface area contributed by atoms with Crippen LogP contribution in [0.2, 0.25) is 0 Å². The van der Waals surface area contributed by atoms with E-state index in [0.29, 0.717) is 12.6 Å². The summed E-state index contributed by atoms with van der Waals surface area (Å²) in [6, 6.07) is 3.79. The highest BCUT2D eigenvalue weighted by Crippen LogP contribution is 2.18. The molecule has 0 atom stereocenters. The van der Waals surface area contributed by atoms with Crippen LogP contribution in [-0.2, 0) is 0 Å². The fourth-order valence-electron chi connectivity index (χ4n) is 1.74. The van der Waals surface area contributed by atoms with Gasteiger partial charge in [0.25, 0.3) is 0 Å². The molecular formula is C15H23F2NO. The monoisotopic (exact) mass is 271 g/mol. The third-order valence-corrected chi connectivity index (χ3v) is 2.77. The fraction of sp³-hybridized carbons (Fsp3) is 0.600. The molecule has 4 heteroatoms. The second-order valence-corrected chi connectivity index (χ2v) is 4.95. The van der Waals surface area contributed by atoms with E-state index in [9.17, 15) is 8.78 Å². The Bertz CT molecular complexity index is 369. The quantitative estimate of drug-likeness (QED) is 0.688. The first kappa shape index (κ1) is 15.9. The van der Waals surface area contributed by atoms with E-state index in [-0.39, 0.29) is 5.75 Å². The molecule has 19 heavy (non-hydrogen) atoms. The maximum absolute atomic E-state index is 13.2. The van der Waals surface area contributed by atoms with Crippen molar-refractivity contribution in [3.05, 3.63) is 29.8 Å². The van der Waals surface area contributed by atoms with Crippen LogP contribution in [-0.4, -0.2) is 19.2 Å². The average molecular weight is 271 g/mol. The minimum absolute atomic E-state index is 0.00137. The summed E-state index contributed by atoms with van der Waals surface area (Å²) in [7, 11) is 0. The third kappa shape index (κ3) is 7.11. The van der Waals surface area contributed by atoms with E-state index >= 15 is 0 Å². The zero-order valence-corrected chi connectivity index (χ0v) is 11.7. The minimum atomic E-state index is -0.512. The van der Waals surface area contributed by atoms with Crippen LogP contribution >= 0.6 is 0 Å². The Hall–Kier alpha value is -1.16. The molecule has 0 heterocycles. The summed E-state index contributed by atoms with van der Waals surface area (Å²) in [5, 5.41) is 3.35. The minimum Gasteiger partial charge on any atom is -0.490 e. The molecule has 0 aliphatic rings. The van der Waals surface area contributed by atoms with E-state index in [1.807, 2.05) is 0 Å². The molecule has 1 rings (SSSR count). The van der Waals surface area contributed by atoms with Gasteiger partial charge in [-0.1, -0.05) is 26.7 Å². The predicted octanol–water partition coefficient (Wildman–Crippen LogP) is 3.90. The Balaban J connectivity index is 2.06. The van der Waals surface area contributed by atoms with Gasteiger partial charge in [0.2, 0.25) is 0 Å². The first-order chi connectivity index (χ1) is 9.09. The zero-order valence-electron chi connectivity index (χ0n) is 11.7. The largest absolute Gasteiger partial charge is 0.490 e. The topological polar surface area (TPSA) is 21.3 Å². The molecule has 1 aromatic rings. The molecule has 1 N–H and O–H groups in total. The third-order valence-electron chi connectivity index (χ3n) is 2.77. The highest BCUT2D eigenvalue weighted by atomic mass is 19.1. The van der Waals surface area contributed by atoms with Gasteiger partial charge in [0.1, 0.15) is 5.82 Å². The normalized spacial score (nSPS) is 11.0. The van der Waals surface area contributed by atoms with Crippen molar-refractivity contribution in [1.29, 1.82) is 0 Å². The Labute approximate surface area is 114 Å². The van der Waals surface area contributed by atoms with Crippen LogP contribution in [0.15, 0.2) is 18.2 Å². The van der Waals surface area contributed by atoms with Gasteiger partial charge in [0, 0.05) is 12.1 Å². The van der Waals surface area contributed by atoms with Crippen molar-refractivity contribution in [2.24, 2.45) is 0 Å². The lowest BCUT2D eigenvalue weighted by molar-refractivity contribution is 0.288. The second-order valence-electron chi connectivity index (χ2n) is 4.95. The van der Waals surface area contributed by atoms with Gasteiger partial charge in [0.05, 0.1) is 6.61 Å². The van der Waals surface area contributed by atoms with Crippen LogP contribution in [0, 0.1) is 11.6 Å². The molecule has 0 aliphatic carbocycles. The van der Waals surface area contributed by atoms with Crippen LogP contribution in [0.1, 0.15) is 39.5 Å². The molecule has 0 saturated heterocycles. The Morgan fingerprint density at radius 1 is 1.11 bits per heavy atom. The van der Waals surface area contributed by atoms with Crippen molar-refractivity contribution in [2.45, 2.75) is 45.6 Å². The summed E-state index contributed by atoms with van der Waals surface area (Å²) in [6.07, 6.45) is 4.15. The number of nitrogens with one attached hydrogen (secondary N) is 1. The van der Waals surface area contributed by atoms with Crippen LogP contribution in [0.25, 0.3) is 0 Å². The molecule has 0 amide bonds. The fourth-order valence-corrected chi connectivity index (χ4v) is 1.74. The van der Waals surface area contributed by atoms with Crippen molar-refractivity contribution in [2.75, 3.05) is 13.2 Å². The molecule has 108 valence electrons.